The number of hydrogen-bond donors (Lipinski definition) is 2. The molecule has 144 valence electrons. The number of halogens is 2. The van der Waals surface area contributed by atoms with Crippen LogP contribution >= 0.6 is 0 Å². The molecule has 0 spiro atoms. The molecule has 0 saturated carbocycles. The fourth-order valence-electron chi connectivity index (χ4n) is 3.75. The van der Waals surface area contributed by atoms with E-state index in [0.717, 1.165) is 22.4 Å². The van der Waals surface area contributed by atoms with Crippen molar-refractivity contribution in [3.05, 3.63) is 102 Å². The Morgan fingerprint density at radius 1 is 1.00 bits per heavy atom. The van der Waals surface area contributed by atoms with Crippen LogP contribution in [0, 0.1) is 11.6 Å². The Kier molecular flexibility index (Phi) is 3.87. The molecule has 2 aliphatic rings. The van der Waals surface area contributed by atoms with Gasteiger partial charge in [0.15, 0.2) is 0 Å². The van der Waals surface area contributed by atoms with Crippen LogP contribution in [-0.2, 0) is 0 Å². The summed E-state index contributed by atoms with van der Waals surface area (Å²) in [6.07, 6.45) is 9.67. The second kappa shape index (κ2) is 6.44. The molecule has 0 fully saturated rings. The van der Waals surface area contributed by atoms with Gasteiger partial charge in [-0.1, -0.05) is 18.2 Å². The Labute approximate surface area is 166 Å². The van der Waals surface area contributed by atoms with E-state index >= 15 is 0 Å². The number of fused-ring (bicyclic) bond motifs is 1. The highest BCUT2D eigenvalue weighted by Crippen LogP contribution is 2.39. The van der Waals surface area contributed by atoms with Crippen LogP contribution in [0.2, 0.25) is 0 Å². The van der Waals surface area contributed by atoms with Crippen LogP contribution in [0.25, 0.3) is 22.5 Å². The van der Waals surface area contributed by atoms with Gasteiger partial charge < -0.3 is 10.2 Å². The summed E-state index contributed by atoms with van der Waals surface area (Å²) in [4.78, 5) is 2.09. The topological polar surface area (TPSA) is 44.0 Å². The Morgan fingerprint density at radius 2 is 1.79 bits per heavy atom. The Morgan fingerprint density at radius 3 is 2.59 bits per heavy atom. The van der Waals surface area contributed by atoms with E-state index in [1.165, 1.54) is 18.2 Å². The standard InChI is InChI=1S/C23H18F2N4/c1-23-11-10-16(19-12-27-28-22(19)18-4-2-3-5-20(18)25)14-29(23)21(13-26-23)15-6-8-17(24)9-7-15/h2-14,26H,1H3,(H,27,28). The molecule has 0 bridgehead atoms. The van der Waals surface area contributed by atoms with Gasteiger partial charge in [0.05, 0.1) is 17.6 Å². The molecule has 0 radical (unpaired) electrons. The molecule has 0 saturated heterocycles. The smallest absolute Gasteiger partial charge is 0.132 e. The largest absolute Gasteiger partial charge is 0.364 e. The molecule has 3 heterocycles. The van der Waals surface area contributed by atoms with Gasteiger partial charge in [-0.15, -0.1) is 0 Å². The second-order valence-electron chi connectivity index (χ2n) is 7.25. The lowest BCUT2D eigenvalue weighted by molar-refractivity contribution is 0.300. The van der Waals surface area contributed by atoms with Crippen molar-refractivity contribution in [3.8, 4) is 11.3 Å². The summed E-state index contributed by atoms with van der Waals surface area (Å²) in [5.74, 6) is -0.580. The zero-order valence-electron chi connectivity index (χ0n) is 15.7. The third-order valence-corrected chi connectivity index (χ3v) is 5.35. The minimum absolute atomic E-state index is 0.272. The first-order valence-corrected chi connectivity index (χ1v) is 9.28. The predicted molar refractivity (Wildman–Crippen MR) is 109 cm³/mol. The molecule has 1 aromatic heterocycles. The van der Waals surface area contributed by atoms with Gasteiger partial charge in [0, 0.05) is 29.1 Å². The van der Waals surface area contributed by atoms with Crippen LogP contribution in [0.3, 0.4) is 0 Å². The Hall–Kier alpha value is -3.67. The van der Waals surface area contributed by atoms with Crippen LogP contribution in [0.4, 0.5) is 8.78 Å². The highest BCUT2D eigenvalue weighted by atomic mass is 19.1. The summed E-state index contributed by atoms with van der Waals surface area (Å²) in [5, 5.41) is 10.4. The fraction of sp³-hybridized carbons (Fsp3) is 0.0870. The van der Waals surface area contributed by atoms with Gasteiger partial charge in [0.25, 0.3) is 0 Å². The van der Waals surface area contributed by atoms with E-state index in [0.29, 0.717) is 11.3 Å². The van der Waals surface area contributed by atoms with Crippen molar-refractivity contribution in [2.45, 2.75) is 12.6 Å². The number of benzene rings is 2. The third kappa shape index (κ3) is 2.84. The number of aromatic amines is 1. The van der Waals surface area contributed by atoms with E-state index in [9.17, 15) is 8.78 Å². The van der Waals surface area contributed by atoms with E-state index in [2.05, 4.69) is 27.3 Å². The van der Waals surface area contributed by atoms with Gasteiger partial charge in [0.2, 0.25) is 0 Å². The van der Waals surface area contributed by atoms with Crippen LogP contribution < -0.4 is 5.32 Å². The Bertz CT molecular complexity index is 1170. The second-order valence-corrected chi connectivity index (χ2v) is 7.25. The molecule has 0 amide bonds. The summed E-state index contributed by atoms with van der Waals surface area (Å²) < 4.78 is 27.7. The van der Waals surface area contributed by atoms with E-state index in [1.54, 1.807) is 36.5 Å². The number of H-pyrrole nitrogens is 1. The van der Waals surface area contributed by atoms with Crippen LogP contribution in [0.1, 0.15) is 18.1 Å². The molecule has 0 aliphatic carbocycles. The van der Waals surface area contributed by atoms with Crippen molar-refractivity contribution < 1.29 is 8.78 Å². The number of rotatable bonds is 3. The molecular formula is C23H18F2N4. The maximum Gasteiger partial charge on any atom is 0.132 e. The van der Waals surface area contributed by atoms with E-state index in [1.807, 2.05) is 24.6 Å². The van der Waals surface area contributed by atoms with Gasteiger partial charge in [-0.25, -0.2) is 8.78 Å². The zero-order chi connectivity index (χ0) is 20.0. The monoisotopic (exact) mass is 388 g/mol. The number of hydrogen-bond acceptors (Lipinski definition) is 3. The summed E-state index contributed by atoms with van der Waals surface area (Å²) >= 11 is 0. The number of nitrogens with one attached hydrogen (secondary N) is 2. The normalized spacial score (nSPS) is 20.2. The summed E-state index contributed by atoms with van der Waals surface area (Å²) in [7, 11) is 0. The maximum absolute atomic E-state index is 14.3. The Balaban J connectivity index is 1.56. The molecule has 1 unspecified atom stereocenters. The molecule has 5 rings (SSSR count). The minimum atomic E-state index is -0.435. The summed E-state index contributed by atoms with van der Waals surface area (Å²) in [6.45, 7) is 2.05. The average Bonchev–Trinajstić information content (AvgIpc) is 3.33. The van der Waals surface area contributed by atoms with Gasteiger partial charge >= 0.3 is 0 Å². The highest BCUT2D eigenvalue weighted by molar-refractivity contribution is 5.86. The quantitative estimate of drug-likeness (QED) is 0.672. The molecule has 3 aromatic rings. The summed E-state index contributed by atoms with van der Waals surface area (Å²) in [5.41, 5.74) is 4.18. The number of nitrogens with zero attached hydrogens (tertiary/aromatic N) is 2. The molecular weight excluding hydrogens is 370 g/mol. The van der Waals surface area contributed by atoms with E-state index in [-0.39, 0.29) is 11.6 Å². The van der Waals surface area contributed by atoms with Crippen molar-refractivity contribution in [2.75, 3.05) is 0 Å². The SMILES string of the molecule is CC12C=CC(c3cn[nH]c3-c3ccccc3F)=CN1C(c1ccc(F)cc1)=CN2. The van der Waals surface area contributed by atoms with Gasteiger partial charge in [-0.2, -0.15) is 5.10 Å². The van der Waals surface area contributed by atoms with Gasteiger partial charge in [-0.05, 0) is 55.0 Å². The minimum Gasteiger partial charge on any atom is -0.364 e. The lowest BCUT2D eigenvalue weighted by atomic mass is 9.97. The number of aromatic nitrogens is 2. The molecule has 2 aliphatic heterocycles. The lowest BCUT2D eigenvalue weighted by Gasteiger charge is -2.37. The molecule has 29 heavy (non-hydrogen) atoms. The van der Waals surface area contributed by atoms with Gasteiger partial charge in [0.1, 0.15) is 17.3 Å². The first-order valence-electron chi connectivity index (χ1n) is 9.28. The van der Waals surface area contributed by atoms with E-state index in [4.69, 9.17) is 0 Å². The van der Waals surface area contributed by atoms with Crippen molar-refractivity contribution in [1.82, 2.24) is 20.4 Å². The fourth-order valence-corrected chi connectivity index (χ4v) is 3.75. The molecule has 2 aromatic carbocycles. The predicted octanol–water partition coefficient (Wildman–Crippen LogP) is 4.89. The first kappa shape index (κ1) is 17.4. The lowest BCUT2D eigenvalue weighted by Crippen LogP contribution is -2.46. The van der Waals surface area contributed by atoms with Crippen molar-refractivity contribution in [3.63, 3.8) is 0 Å². The average molecular weight is 388 g/mol. The summed E-state index contributed by atoms with van der Waals surface area (Å²) in [6, 6.07) is 13.0. The number of allylic oxidation sites excluding steroid dienone is 2. The molecule has 1 atom stereocenters. The van der Waals surface area contributed by atoms with Crippen molar-refractivity contribution in [1.29, 1.82) is 0 Å². The van der Waals surface area contributed by atoms with Crippen molar-refractivity contribution >= 4 is 11.3 Å². The van der Waals surface area contributed by atoms with Crippen LogP contribution in [0.5, 0.6) is 0 Å². The molecule has 2 N–H and O–H groups in total. The van der Waals surface area contributed by atoms with Gasteiger partial charge in [-0.3, -0.25) is 5.10 Å². The first-order chi connectivity index (χ1) is 14.0. The van der Waals surface area contributed by atoms with Crippen molar-refractivity contribution in [2.24, 2.45) is 0 Å². The van der Waals surface area contributed by atoms with Crippen LogP contribution in [-0.4, -0.2) is 20.8 Å². The van der Waals surface area contributed by atoms with E-state index < -0.39 is 5.66 Å². The molecule has 4 nitrogen and oxygen atoms in total. The maximum atomic E-state index is 14.3. The zero-order valence-corrected chi connectivity index (χ0v) is 15.7. The highest BCUT2D eigenvalue weighted by Gasteiger charge is 2.37. The third-order valence-electron chi connectivity index (χ3n) is 5.35. The molecule has 6 heteroatoms. The van der Waals surface area contributed by atoms with Crippen LogP contribution in [0.15, 0.2) is 79.3 Å².